The molecule has 2 fully saturated rings. The van der Waals surface area contributed by atoms with Crippen LogP contribution in [0.1, 0.15) is 38.3 Å². The molecule has 2 atom stereocenters. The highest BCUT2D eigenvalue weighted by molar-refractivity contribution is 5.83. The molecule has 1 aromatic heterocycles. The van der Waals surface area contributed by atoms with Crippen LogP contribution in [0.4, 0.5) is 0 Å². The van der Waals surface area contributed by atoms with Gasteiger partial charge in [-0.1, -0.05) is 0 Å². The van der Waals surface area contributed by atoms with E-state index in [1.165, 1.54) is 13.0 Å². The van der Waals surface area contributed by atoms with E-state index in [1.807, 2.05) is 0 Å². The van der Waals surface area contributed by atoms with Crippen molar-refractivity contribution >= 4 is 17.7 Å². The molecule has 3 heterocycles. The van der Waals surface area contributed by atoms with Crippen molar-refractivity contribution < 1.29 is 19.5 Å². The number of aromatic nitrogens is 2. The molecule has 0 aromatic carbocycles. The lowest BCUT2D eigenvalue weighted by Crippen LogP contribution is -2.61. The van der Waals surface area contributed by atoms with Crippen LogP contribution in [-0.4, -0.2) is 81.7 Å². The van der Waals surface area contributed by atoms with Gasteiger partial charge in [0.1, 0.15) is 0 Å². The molecule has 0 saturated carbocycles. The summed E-state index contributed by atoms with van der Waals surface area (Å²) in [6, 6.07) is 2.99. The van der Waals surface area contributed by atoms with Gasteiger partial charge in [0.25, 0.3) is 5.56 Å². The molecule has 0 aliphatic carbocycles. The van der Waals surface area contributed by atoms with Gasteiger partial charge in [0.2, 0.25) is 17.7 Å². The number of hydrogen-bond acceptors (Lipinski definition) is 6. The summed E-state index contributed by atoms with van der Waals surface area (Å²) in [7, 11) is 0. The van der Waals surface area contributed by atoms with Crippen LogP contribution in [0.2, 0.25) is 0 Å². The fourth-order valence-electron chi connectivity index (χ4n) is 4.35. The number of carbonyl (C=O) groups excluding carboxylic acids is 3. The summed E-state index contributed by atoms with van der Waals surface area (Å²) in [5, 5.41) is 19.6. The van der Waals surface area contributed by atoms with Gasteiger partial charge in [0.05, 0.1) is 18.3 Å². The average Bonchev–Trinajstić information content (AvgIpc) is 2.73. The molecule has 2 saturated heterocycles. The Morgan fingerprint density at radius 1 is 1.23 bits per heavy atom. The van der Waals surface area contributed by atoms with Crippen LogP contribution in [0.5, 0.6) is 0 Å². The lowest BCUT2D eigenvalue weighted by atomic mass is 9.71. The van der Waals surface area contributed by atoms with Gasteiger partial charge in [-0.25, -0.2) is 5.10 Å². The van der Waals surface area contributed by atoms with Crippen LogP contribution in [0, 0.1) is 5.41 Å². The predicted octanol–water partition coefficient (Wildman–Crippen LogP) is -0.959. The second-order valence-corrected chi connectivity index (χ2v) is 8.22. The van der Waals surface area contributed by atoms with E-state index >= 15 is 0 Å². The van der Waals surface area contributed by atoms with E-state index in [-0.39, 0.29) is 36.2 Å². The molecule has 0 unspecified atom stereocenters. The average molecular weight is 419 g/mol. The summed E-state index contributed by atoms with van der Waals surface area (Å²) in [6.07, 6.45) is 2.05. The zero-order chi connectivity index (χ0) is 21.7. The Kier molecular flexibility index (Phi) is 6.86. The first-order chi connectivity index (χ1) is 14.3. The first kappa shape index (κ1) is 21.9. The number of H-pyrrole nitrogens is 1. The maximum Gasteiger partial charge on any atom is 0.264 e. The Balaban J connectivity index is 1.61. The normalized spacial score (nSPS) is 24.0. The minimum absolute atomic E-state index is 0.0315. The SMILES string of the molecule is CC(=O)NCC(=O)N1CCC[C@]2(CN(C(=O)CCc3ccc(=O)[nH]n3)CC[C@@H]2O)C1. The molecule has 0 radical (unpaired) electrons. The maximum atomic E-state index is 12.8. The molecule has 30 heavy (non-hydrogen) atoms. The molecule has 3 rings (SSSR count). The number of nitrogens with one attached hydrogen (secondary N) is 2. The summed E-state index contributed by atoms with van der Waals surface area (Å²) in [4.78, 5) is 50.9. The Morgan fingerprint density at radius 2 is 1.97 bits per heavy atom. The van der Waals surface area contributed by atoms with E-state index in [0.717, 1.165) is 12.8 Å². The number of nitrogens with zero attached hydrogens (tertiary/aromatic N) is 3. The van der Waals surface area contributed by atoms with E-state index in [0.29, 0.717) is 44.7 Å². The monoisotopic (exact) mass is 419 g/mol. The summed E-state index contributed by atoms with van der Waals surface area (Å²) >= 11 is 0. The molecule has 2 aliphatic rings. The molecular formula is C20H29N5O5. The predicted molar refractivity (Wildman–Crippen MR) is 107 cm³/mol. The van der Waals surface area contributed by atoms with E-state index in [9.17, 15) is 24.3 Å². The van der Waals surface area contributed by atoms with Crippen molar-refractivity contribution in [2.45, 2.75) is 45.1 Å². The minimum Gasteiger partial charge on any atom is -0.392 e. The number of aliphatic hydroxyl groups excluding tert-OH is 1. The topological polar surface area (TPSA) is 136 Å². The first-order valence-electron chi connectivity index (χ1n) is 10.3. The number of likely N-dealkylation sites (tertiary alicyclic amines) is 2. The second kappa shape index (κ2) is 9.38. The summed E-state index contributed by atoms with van der Waals surface area (Å²) in [6.45, 7) is 3.13. The third-order valence-electron chi connectivity index (χ3n) is 6.02. The van der Waals surface area contributed by atoms with Crippen molar-refractivity contribution in [3.63, 3.8) is 0 Å². The smallest absolute Gasteiger partial charge is 0.264 e. The van der Waals surface area contributed by atoms with Gasteiger partial charge in [-0.05, 0) is 25.3 Å². The number of aliphatic hydroxyl groups is 1. The van der Waals surface area contributed by atoms with Crippen LogP contribution in [-0.2, 0) is 20.8 Å². The molecular weight excluding hydrogens is 390 g/mol. The summed E-state index contributed by atoms with van der Waals surface area (Å²) < 4.78 is 0. The second-order valence-electron chi connectivity index (χ2n) is 8.22. The van der Waals surface area contributed by atoms with Crippen LogP contribution < -0.4 is 10.9 Å². The van der Waals surface area contributed by atoms with Crippen molar-refractivity contribution in [3.8, 4) is 0 Å². The van der Waals surface area contributed by atoms with Gasteiger partial charge in [-0.3, -0.25) is 19.2 Å². The summed E-state index contributed by atoms with van der Waals surface area (Å²) in [5.41, 5.74) is -0.192. The third-order valence-corrected chi connectivity index (χ3v) is 6.02. The molecule has 10 heteroatoms. The van der Waals surface area contributed by atoms with E-state index in [1.54, 1.807) is 15.9 Å². The highest BCUT2D eigenvalue weighted by Crippen LogP contribution is 2.39. The molecule has 0 bridgehead atoms. The van der Waals surface area contributed by atoms with Gasteiger partial charge >= 0.3 is 0 Å². The lowest BCUT2D eigenvalue weighted by molar-refractivity contribution is -0.148. The molecule has 10 nitrogen and oxygen atoms in total. The van der Waals surface area contributed by atoms with Crippen LogP contribution in [0.25, 0.3) is 0 Å². The van der Waals surface area contributed by atoms with Crippen molar-refractivity contribution in [1.29, 1.82) is 0 Å². The van der Waals surface area contributed by atoms with Gasteiger partial charge in [0.15, 0.2) is 0 Å². The minimum atomic E-state index is -0.584. The Morgan fingerprint density at radius 3 is 2.63 bits per heavy atom. The van der Waals surface area contributed by atoms with Crippen LogP contribution in [0.15, 0.2) is 16.9 Å². The van der Waals surface area contributed by atoms with Crippen molar-refractivity contribution in [1.82, 2.24) is 25.3 Å². The highest BCUT2D eigenvalue weighted by atomic mass is 16.3. The highest BCUT2D eigenvalue weighted by Gasteiger charge is 2.47. The number of carbonyl (C=O) groups is 3. The van der Waals surface area contributed by atoms with E-state index in [2.05, 4.69) is 15.5 Å². The fraction of sp³-hybridized carbons (Fsp3) is 0.650. The van der Waals surface area contributed by atoms with Crippen molar-refractivity contribution in [2.75, 3.05) is 32.7 Å². The van der Waals surface area contributed by atoms with Crippen LogP contribution >= 0.6 is 0 Å². The zero-order valence-electron chi connectivity index (χ0n) is 17.2. The quantitative estimate of drug-likeness (QED) is 0.563. The van der Waals surface area contributed by atoms with E-state index in [4.69, 9.17) is 0 Å². The van der Waals surface area contributed by atoms with Gasteiger partial charge < -0.3 is 20.2 Å². The molecule has 1 aromatic rings. The number of aryl methyl sites for hydroxylation is 1. The zero-order valence-corrected chi connectivity index (χ0v) is 17.2. The number of piperidine rings is 2. The lowest BCUT2D eigenvalue weighted by Gasteiger charge is -2.51. The molecule has 3 N–H and O–H groups in total. The summed E-state index contributed by atoms with van der Waals surface area (Å²) in [5.74, 6) is -0.471. The Labute approximate surface area is 174 Å². The van der Waals surface area contributed by atoms with Crippen LogP contribution in [0.3, 0.4) is 0 Å². The van der Waals surface area contributed by atoms with Gasteiger partial charge in [-0.15, -0.1) is 0 Å². The molecule has 3 amide bonds. The van der Waals surface area contributed by atoms with Gasteiger partial charge in [0, 0.05) is 57.4 Å². The largest absolute Gasteiger partial charge is 0.392 e. The van der Waals surface area contributed by atoms with E-state index < -0.39 is 11.5 Å². The molecule has 1 spiro atoms. The number of aromatic amines is 1. The standard InChI is InChI=1S/C20H29N5O5/c1-14(26)21-11-19(30)24-9-2-8-20(12-24)13-25(10-7-16(20)27)18(29)6-4-15-3-5-17(28)23-22-15/h3,5,16,27H,2,4,6-13H2,1H3,(H,21,26)(H,23,28)/t16-,20+/m0/s1. The van der Waals surface area contributed by atoms with Crippen molar-refractivity contribution in [2.24, 2.45) is 5.41 Å². The number of rotatable bonds is 5. The number of hydrogen-bond donors (Lipinski definition) is 3. The Bertz CT molecular complexity index is 836. The third kappa shape index (κ3) is 5.24. The fourth-order valence-corrected chi connectivity index (χ4v) is 4.35. The maximum absolute atomic E-state index is 12.8. The molecule has 2 aliphatic heterocycles. The van der Waals surface area contributed by atoms with Gasteiger partial charge in [-0.2, -0.15) is 5.10 Å². The first-order valence-corrected chi connectivity index (χ1v) is 10.3. The Hall–Kier alpha value is -2.75. The molecule has 164 valence electrons. The van der Waals surface area contributed by atoms with Crippen molar-refractivity contribution in [3.05, 3.63) is 28.2 Å². The number of amides is 3.